The van der Waals surface area contributed by atoms with Gasteiger partial charge in [0.1, 0.15) is 5.75 Å². The van der Waals surface area contributed by atoms with Crippen molar-refractivity contribution in [1.82, 2.24) is 4.57 Å². The zero-order valence-electron chi connectivity index (χ0n) is 13.1. The number of carbonyl (C=O) groups is 1. The fraction of sp³-hybridized carbons (Fsp3) is 0.471. The van der Waals surface area contributed by atoms with Gasteiger partial charge in [0.15, 0.2) is 0 Å². The van der Waals surface area contributed by atoms with E-state index in [1.807, 2.05) is 25.1 Å². The number of aromatic nitrogens is 1. The lowest BCUT2D eigenvalue weighted by atomic mass is 10.1. The molecule has 0 unspecified atom stereocenters. The largest absolute Gasteiger partial charge is 0.493 e. The Bertz CT molecular complexity index is 656. The molecule has 0 aliphatic heterocycles. The van der Waals surface area contributed by atoms with Gasteiger partial charge in [-0.2, -0.15) is 0 Å². The number of carboxylic acids is 1. The number of carboxylic acid groups (broad SMARTS) is 1. The summed E-state index contributed by atoms with van der Waals surface area (Å²) in [5.74, 6) is 0.284. The van der Waals surface area contributed by atoms with Crippen molar-refractivity contribution in [3.63, 3.8) is 0 Å². The van der Waals surface area contributed by atoms with E-state index in [1.54, 1.807) is 0 Å². The molecular weight excluding hydrogens is 266 g/mol. The number of rotatable bonds is 6. The summed E-state index contributed by atoms with van der Waals surface area (Å²) in [4.78, 5) is 11.6. The van der Waals surface area contributed by atoms with Crippen molar-refractivity contribution in [3.05, 3.63) is 29.5 Å². The first-order chi connectivity index (χ1) is 9.95. The third kappa shape index (κ3) is 3.04. The molecule has 0 aliphatic rings. The van der Waals surface area contributed by atoms with E-state index in [9.17, 15) is 9.90 Å². The summed E-state index contributed by atoms with van der Waals surface area (Å²) < 4.78 is 7.79. The zero-order valence-corrected chi connectivity index (χ0v) is 13.1. The highest BCUT2D eigenvalue weighted by atomic mass is 16.5. The molecule has 0 atom stereocenters. The number of aromatic carboxylic acids is 1. The van der Waals surface area contributed by atoms with Crippen molar-refractivity contribution >= 4 is 16.9 Å². The number of aryl methyl sites for hydroxylation is 1. The van der Waals surface area contributed by atoms with Gasteiger partial charge in [0.25, 0.3) is 0 Å². The first-order valence-corrected chi connectivity index (χ1v) is 7.44. The first-order valence-electron chi connectivity index (χ1n) is 7.44. The second kappa shape index (κ2) is 6.20. The fourth-order valence-corrected chi connectivity index (χ4v) is 2.60. The maximum Gasteiger partial charge on any atom is 0.338 e. The molecule has 0 amide bonds. The van der Waals surface area contributed by atoms with Crippen molar-refractivity contribution in [2.75, 3.05) is 6.61 Å². The zero-order chi connectivity index (χ0) is 15.6. The molecule has 0 saturated heterocycles. The molecule has 4 nitrogen and oxygen atoms in total. The third-order valence-electron chi connectivity index (χ3n) is 3.54. The Morgan fingerprint density at radius 2 is 2.10 bits per heavy atom. The average Bonchev–Trinajstić information content (AvgIpc) is 2.69. The van der Waals surface area contributed by atoms with Crippen molar-refractivity contribution in [3.8, 4) is 5.75 Å². The second-order valence-corrected chi connectivity index (χ2v) is 5.80. The minimum atomic E-state index is -0.881. The van der Waals surface area contributed by atoms with Crippen LogP contribution in [0.2, 0.25) is 0 Å². The standard InChI is InChI=1S/C17H23NO3/c1-5-8-18-12(4)16(17(19)20)14-9-13(6-7-15(14)18)21-10-11(2)3/h6-7,9,11H,5,8,10H2,1-4H3,(H,19,20). The number of benzene rings is 1. The quantitative estimate of drug-likeness (QED) is 0.871. The van der Waals surface area contributed by atoms with Crippen molar-refractivity contribution < 1.29 is 14.6 Å². The summed E-state index contributed by atoms with van der Waals surface area (Å²) in [6.07, 6.45) is 0.968. The number of ether oxygens (including phenoxy) is 1. The molecule has 1 heterocycles. The van der Waals surface area contributed by atoms with E-state index in [0.717, 1.165) is 35.3 Å². The van der Waals surface area contributed by atoms with Crippen LogP contribution >= 0.6 is 0 Å². The van der Waals surface area contributed by atoms with E-state index in [2.05, 4.69) is 25.3 Å². The van der Waals surface area contributed by atoms with Crippen LogP contribution in [0.3, 0.4) is 0 Å². The minimum absolute atomic E-state index is 0.383. The first kappa shape index (κ1) is 15.4. The minimum Gasteiger partial charge on any atom is -0.493 e. The summed E-state index contributed by atoms with van der Waals surface area (Å²) in [7, 11) is 0. The number of fused-ring (bicyclic) bond motifs is 1. The van der Waals surface area contributed by atoms with Crippen LogP contribution in [-0.4, -0.2) is 22.2 Å². The van der Waals surface area contributed by atoms with Crippen LogP contribution < -0.4 is 4.74 Å². The lowest BCUT2D eigenvalue weighted by Crippen LogP contribution is -2.04. The Balaban J connectivity index is 2.54. The summed E-state index contributed by atoms with van der Waals surface area (Å²) in [5, 5.41) is 10.3. The summed E-state index contributed by atoms with van der Waals surface area (Å²) >= 11 is 0. The lowest BCUT2D eigenvalue weighted by molar-refractivity contribution is 0.0698. The van der Waals surface area contributed by atoms with Crippen molar-refractivity contribution in [2.24, 2.45) is 5.92 Å². The lowest BCUT2D eigenvalue weighted by Gasteiger charge is -2.09. The molecule has 0 radical (unpaired) electrons. The van der Waals surface area contributed by atoms with Gasteiger partial charge in [-0.25, -0.2) is 4.79 Å². The Morgan fingerprint density at radius 1 is 1.38 bits per heavy atom. The number of hydrogen-bond donors (Lipinski definition) is 1. The molecule has 1 N–H and O–H groups in total. The van der Waals surface area contributed by atoms with Gasteiger partial charge in [-0.05, 0) is 37.5 Å². The highest BCUT2D eigenvalue weighted by Gasteiger charge is 2.19. The van der Waals surface area contributed by atoms with Crippen molar-refractivity contribution in [1.29, 1.82) is 0 Å². The van der Waals surface area contributed by atoms with Gasteiger partial charge in [0.05, 0.1) is 12.2 Å². The van der Waals surface area contributed by atoms with Gasteiger partial charge < -0.3 is 14.4 Å². The molecule has 1 aromatic heterocycles. The third-order valence-corrected chi connectivity index (χ3v) is 3.54. The molecule has 2 aromatic rings. The maximum absolute atomic E-state index is 11.6. The summed E-state index contributed by atoms with van der Waals surface area (Å²) in [6, 6.07) is 5.72. The van der Waals surface area contributed by atoms with Crippen LogP contribution in [0.1, 0.15) is 43.2 Å². The second-order valence-electron chi connectivity index (χ2n) is 5.80. The van der Waals surface area contributed by atoms with Crippen molar-refractivity contribution in [2.45, 2.75) is 40.7 Å². The van der Waals surface area contributed by atoms with Crippen LogP contribution in [0.25, 0.3) is 10.9 Å². The monoisotopic (exact) mass is 289 g/mol. The normalized spacial score (nSPS) is 11.3. The molecule has 0 bridgehead atoms. The topological polar surface area (TPSA) is 51.5 Å². The fourth-order valence-electron chi connectivity index (χ4n) is 2.60. The van der Waals surface area contributed by atoms with Gasteiger partial charge >= 0.3 is 5.97 Å². The van der Waals surface area contributed by atoms with E-state index >= 15 is 0 Å². The van der Waals surface area contributed by atoms with Crippen LogP contribution in [0.4, 0.5) is 0 Å². The predicted molar refractivity (Wildman–Crippen MR) is 84.3 cm³/mol. The maximum atomic E-state index is 11.6. The average molecular weight is 289 g/mol. The Morgan fingerprint density at radius 3 is 2.67 bits per heavy atom. The smallest absolute Gasteiger partial charge is 0.338 e. The molecule has 114 valence electrons. The summed E-state index contributed by atoms with van der Waals surface area (Å²) in [5.41, 5.74) is 2.15. The van der Waals surface area contributed by atoms with Gasteiger partial charge in [-0.15, -0.1) is 0 Å². The molecule has 2 rings (SSSR count). The van der Waals surface area contributed by atoms with E-state index in [4.69, 9.17) is 4.74 Å². The van der Waals surface area contributed by atoms with Crippen LogP contribution in [0.15, 0.2) is 18.2 Å². The van der Waals surface area contributed by atoms with Gasteiger partial charge in [-0.3, -0.25) is 0 Å². The number of nitrogens with zero attached hydrogens (tertiary/aromatic N) is 1. The van der Waals surface area contributed by atoms with E-state index < -0.39 is 5.97 Å². The predicted octanol–water partition coefficient (Wildman–Crippen LogP) is 4.09. The Hall–Kier alpha value is -1.97. The van der Waals surface area contributed by atoms with E-state index in [0.29, 0.717) is 18.1 Å². The van der Waals surface area contributed by atoms with Crippen LogP contribution in [0, 0.1) is 12.8 Å². The molecule has 4 heteroatoms. The highest BCUT2D eigenvalue weighted by molar-refractivity contribution is 6.05. The molecule has 1 aromatic carbocycles. The molecule has 0 fully saturated rings. The molecule has 21 heavy (non-hydrogen) atoms. The Kier molecular flexibility index (Phi) is 4.56. The molecule has 0 saturated carbocycles. The van der Waals surface area contributed by atoms with Gasteiger partial charge in [-0.1, -0.05) is 20.8 Å². The summed E-state index contributed by atoms with van der Waals surface area (Å²) in [6.45, 7) is 9.58. The molecule has 0 spiro atoms. The van der Waals surface area contributed by atoms with E-state index in [-0.39, 0.29) is 0 Å². The molecule has 0 aliphatic carbocycles. The van der Waals surface area contributed by atoms with Crippen LogP contribution in [0.5, 0.6) is 5.75 Å². The number of hydrogen-bond acceptors (Lipinski definition) is 2. The van der Waals surface area contributed by atoms with Gasteiger partial charge in [0.2, 0.25) is 0 Å². The molecular formula is C17H23NO3. The van der Waals surface area contributed by atoms with Gasteiger partial charge in [0, 0.05) is 23.1 Å². The SMILES string of the molecule is CCCn1c(C)c(C(=O)O)c2cc(OCC(C)C)ccc21. The Labute approximate surface area is 125 Å². The van der Waals surface area contributed by atoms with Crippen LogP contribution in [-0.2, 0) is 6.54 Å². The van der Waals surface area contributed by atoms with E-state index in [1.165, 1.54) is 0 Å². The highest BCUT2D eigenvalue weighted by Crippen LogP contribution is 2.30.